The molecule has 48 heavy (non-hydrogen) atoms. The lowest BCUT2D eigenvalue weighted by Crippen LogP contribution is -2.22. The van der Waals surface area contributed by atoms with Gasteiger partial charge in [-0.2, -0.15) is 5.26 Å². The van der Waals surface area contributed by atoms with Crippen LogP contribution in [0.2, 0.25) is 25.7 Å². The standard InChI is InChI=1S/C37H37F2N3O5Si/c1-24(2)45-32-12-11-26(20-27(32)21-40)29-22-42(23-44-15-16-48(3,4)5)37-35(29)33(13-14-41-37)47-36-30(38)17-25(18-31(36)39)19-34(43)46-28-9-7-6-8-10-28/h6-14,17-18,20,22,24H,15-16,19,23H2,1-5H3. The molecule has 5 aromatic rings. The molecule has 11 heteroatoms. The Labute approximate surface area is 279 Å². The quantitative estimate of drug-likeness (QED) is 0.0535. The molecule has 0 amide bonds. The first-order valence-electron chi connectivity index (χ1n) is 15.6. The van der Waals surface area contributed by atoms with E-state index in [0.717, 1.165) is 18.2 Å². The zero-order valence-corrected chi connectivity index (χ0v) is 28.6. The Morgan fingerprint density at radius 3 is 2.40 bits per heavy atom. The number of carbonyl (C=O) groups is 1. The molecule has 2 aromatic heterocycles. The predicted molar refractivity (Wildman–Crippen MR) is 182 cm³/mol. The summed E-state index contributed by atoms with van der Waals surface area (Å²) < 4.78 is 55.7. The van der Waals surface area contributed by atoms with Gasteiger partial charge in [0.15, 0.2) is 17.4 Å². The Balaban J connectivity index is 1.50. The summed E-state index contributed by atoms with van der Waals surface area (Å²) in [6.45, 7) is 11.3. The smallest absolute Gasteiger partial charge is 0.315 e. The van der Waals surface area contributed by atoms with Crippen molar-refractivity contribution in [1.29, 1.82) is 5.26 Å². The number of nitrogens with zero attached hydrogens (tertiary/aromatic N) is 3. The molecule has 2 heterocycles. The summed E-state index contributed by atoms with van der Waals surface area (Å²) in [5.74, 6) is -2.35. The number of para-hydroxylation sites is 1. The third-order valence-electron chi connectivity index (χ3n) is 7.31. The summed E-state index contributed by atoms with van der Waals surface area (Å²) in [4.78, 5) is 17.0. The zero-order chi connectivity index (χ0) is 34.4. The van der Waals surface area contributed by atoms with E-state index in [-0.39, 0.29) is 30.6 Å². The van der Waals surface area contributed by atoms with Crippen molar-refractivity contribution in [3.8, 4) is 40.2 Å². The van der Waals surface area contributed by atoms with E-state index in [1.807, 2.05) is 26.1 Å². The lowest BCUT2D eigenvalue weighted by Gasteiger charge is -2.15. The maximum absolute atomic E-state index is 15.4. The van der Waals surface area contributed by atoms with E-state index in [1.54, 1.807) is 47.0 Å². The summed E-state index contributed by atoms with van der Waals surface area (Å²) in [5, 5.41) is 10.4. The number of nitriles is 1. The molecule has 0 spiro atoms. The highest BCUT2D eigenvalue weighted by Gasteiger charge is 2.22. The number of ether oxygens (including phenoxy) is 4. The Morgan fingerprint density at radius 2 is 1.73 bits per heavy atom. The fourth-order valence-electron chi connectivity index (χ4n) is 5.02. The molecular weight excluding hydrogens is 633 g/mol. The van der Waals surface area contributed by atoms with E-state index in [4.69, 9.17) is 18.9 Å². The van der Waals surface area contributed by atoms with Gasteiger partial charge < -0.3 is 23.5 Å². The summed E-state index contributed by atoms with van der Waals surface area (Å²) in [6, 6.07) is 20.4. The van der Waals surface area contributed by atoms with Gasteiger partial charge in [0, 0.05) is 32.6 Å². The molecule has 0 fully saturated rings. The van der Waals surface area contributed by atoms with Gasteiger partial charge >= 0.3 is 5.97 Å². The Kier molecular flexibility index (Phi) is 10.6. The van der Waals surface area contributed by atoms with Crippen LogP contribution in [0.4, 0.5) is 8.78 Å². The van der Waals surface area contributed by atoms with Crippen molar-refractivity contribution >= 4 is 25.1 Å². The largest absolute Gasteiger partial charge is 0.490 e. The minimum atomic E-state index is -1.33. The molecule has 0 radical (unpaired) electrons. The van der Waals surface area contributed by atoms with Gasteiger partial charge in [-0.1, -0.05) is 43.9 Å². The minimum absolute atomic E-state index is 0.0909. The number of fused-ring (bicyclic) bond motifs is 1. The van der Waals surface area contributed by atoms with Gasteiger partial charge in [0.25, 0.3) is 0 Å². The third kappa shape index (κ3) is 8.45. The van der Waals surface area contributed by atoms with Crippen molar-refractivity contribution in [3.63, 3.8) is 0 Å². The zero-order valence-electron chi connectivity index (χ0n) is 27.6. The number of benzene rings is 3. The van der Waals surface area contributed by atoms with Crippen LogP contribution in [-0.2, 0) is 22.7 Å². The van der Waals surface area contributed by atoms with Crippen LogP contribution in [0.25, 0.3) is 22.2 Å². The van der Waals surface area contributed by atoms with Crippen molar-refractivity contribution in [2.45, 2.75) is 58.8 Å². The molecule has 0 atom stereocenters. The van der Waals surface area contributed by atoms with Gasteiger partial charge in [-0.3, -0.25) is 4.79 Å². The first kappa shape index (κ1) is 34.3. The van der Waals surface area contributed by atoms with Crippen LogP contribution in [0.1, 0.15) is 25.0 Å². The van der Waals surface area contributed by atoms with Crippen molar-refractivity contribution in [1.82, 2.24) is 9.55 Å². The van der Waals surface area contributed by atoms with E-state index in [2.05, 4.69) is 30.7 Å². The second-order valence-electron chi connectivity index (χ2n) is 12.8. The molecule has 0 saturated carbocycles. The van der Waals surface area contributed by atoms with Gasteiger partial charge in [0.1, 0.15) is 35.7 Å². The normalized spacial score (nSPS) is 11.5. The summed E-state index contributed by atoms with van der Waals surface area (Å²) in [6.07, 6.45) is 2.84. The number of hydrogen-bond donors (Lipinski definition) is 0. The van der Waals surface area contributed by atoms with Crippen molar-refractivity contribution in [2.24, 2.45) is 0 Å². The fraction of sp³-hybridized carbons (Fsp3) is 0.270. The number of pyridine rings is 1. The van der Waals surface area contributed by atoms with Crippen LogP contribution >= 0.6 is 0 Å². The van der Waals surface area contributed by atoms with Gasteiger partial charge in [0.2, 0.25) is 0 Å². The van der Waals surface area contributed by atoms with Crippen LogP contribution in [0.5, 0.6) is 23.0 Å². The molecular formula is C37H37F2N3O5Si. The molecule has 0 aliphatic carbocycles. The van der Waals surface area contributed by atoms with Gasteiger partial charge in [0.05, 0.1) is 23.5 Å². The summed E-state index contributed by atoms with van der Waals surface area (Å²) >= 11 is 0. The van der Waals surface area contributed by atoms with Crippen LogP contribution < -0.4 is 14.2 Å². The average Bonchev–Trinajstić information content (AvgIpc) is 3.40. The van der Waals surface area contributed by atoms with Gasteiger partial charge in [-0.15, -0.1) is 0 Å². The van der Waals surface area contributed by atoms with Crippen LogP contribution in [0, 0.1) is 23.0 Å². The van der Waals surface area contributed by atoms with E-state index < -0.39 is 31.4 Å². The summed E-state index contributed by atoms with van der Waals surface area (Å²) in [7, 11) is -1.33. The van der Waals surface area contributed by atoms with E-state index in [0.29, 0.717) is 45.8 Å². The lowest BCUT2D eigenvalue weighted by atomic mass is 10.0. The average molecular weight is 670 g/mol. The summed E-state index contributed by atoms with van der Waals surface area (Å²) in [5.41, 5.74) is 2.17. The SMILES string of the molecule is CC(C)Oc1ccc(-c2cn(COCC[Si](C)(C)C)c3nccc(Oc4c(F)cc(CC(=O)Oc5ccccc5)cc4F)c23)cc1C#N. The number of halogens is 2. The highest BCUT2D eigenvalue weighted by atomic mass is 28.3. The number of esters is 1. The second kappa shape index (κ2) is 14.8. The van der Waals surface area contributed by atoms with Crippen molar-refractivity contribution in [2.75, 3.05) is 6.61 Å². The highest BCUT2D eigenvalue weighted by Crippen LogP contribution is 2.40. The molecule has 0 aliphatic rings. The molecule has 5 rings (SSSR count). The second-order valence-corrected chi connectivity index (χ2v) is 18.4. The first-order chi connectivity index (χ1) is 22.9. The number of carbonyl (C=O) groups excluding carboxylic acids is 1. The van der Waals surface area contributed by atoms with Crippen molar-refractivity contribution < 1.29 is 32.5 Å². The van der Waals surface area contributed by atoms with Crippen LogP contribution in [0.15, 0.2) is 79.1 Å². The first-order valence-corrected chi connectivity index (χ1v) is 19.3. The van der Waals surface area contributed by atoms with Crippen molar-refractivity contribution in [3.05, 3.63) is 102 Å². The third-order valence-corrected chi connectivity index (χ3v) is 9.02. The molecule has 3 aromatic carbocycles. The van der Waals surface area contributed by atoms with E-state index >= 15 is 8.78 Å². The van der Waals surface area contributed by atoms with E-state index in [9.17, 15) is 10.1 Å². The predicted octanol–water partition coefficient (Wildman–Crippen LogP) is 8.89. The van der Waals surface area contributed by atoms with Gasteiger partial charge in [-0.05, 0) is 73.5 Å². The number of aromatic nitrogens is 2. The monoisotopic (exact) mass is 669 g/mol. The van der Waals surface area contributed by atoms with Crippen LogP contribution in [-0.4, -0.2) is 36.3 Å². The van der Waals surface area contributed by atoms with Crippen LogP contribution in [0.3, 0.4) is 0 Å². The van der Waals surface area contributed by atoms with Gasteiger partial charge in [-0.25, -0.2) is 13.8 Å². The molecule has 0 N–H and O–H groups in total. The molecule has 248 valence electrons. The minimum Gasteiger partial charge on any atom is -0.490 e. The Bertz CT molecular complexity index is 1940. The molecule has 0 unspecified atom stereocenters. The number of hydrogen-bond acceptors (Lipinski definition) is 7. The molecule has 0 bridgehead atoms. The fourth-order valence-corrected chi connectivity index (χ4v) is 5.77. The number of rotatable bonds is 13. The lowest BCUT2D eigenvalue weighted by molar-refractivity contribution is -0.133. The highest BCUT2D eigenvalue weighted by molar-refractivity contribution is 6.76. The Hall–Kier alpha value is -5.05. The van der Waals surface area contributed by atoms with E-state index in [1.165, 1.54) is 12.3 Å². The molecule has 8 nitrogen and oxygen atoms in total. The molecule has 0 saturated heterocycles. The molecule has 0 aliphatic heterocycles. The topological polar surface area (TPSA) is 95.6 Å². The maximum Gasteiger partial charge on any atom is 0.315 e. The maximum atomic E-state index is 15.4. The Morgan fingerprint density at radius 1 is 1.00 bits per heavy atom.